The van der Waals surface area contributed by atoms with Crippen LogP contribution >= 0.6 is 11.3 Å². The van der Waals surface area contributed by atoms with E-state index in [1.807, 2.05) is 35.5 Å². The van der Waals surface area contributed by atoms with Gasteiger partial charge in [-0.05, 0) is 52.9 Å². The molecule has 110 valence electrons. The summed E-state index contributed by atoms with van der Waals surface area (Å²) in [6.07, 6.45) is 4.41. The van der Waals surface area contributed by atoms with Crippen LogP contribution < -0.4 is 5.32 Å². The number of likely N-dealkylation sites (tertiary alicyclic amines) is 1. The molecule has 2 aromatic rings. The predicted octanol–water partition coefficient (Wildman–Crippen LogP) is 3.09. The van der Waals surface area contributed by atoms with Crippen molar-refractivity contribution >= 4 is 23.1 Å². The first kappa shape index (κ1) is 14.1. The largest absolute Gasteiger partial charge is 0.373 e. The molecule has 4 nitrogen and oxygen atoms in total. The Morgan fingerprint density at radius 2 is 2.43 bits per heavy atom. The minimum atomic E-state index is 0.186. The van der Waals surface area contributed by atoms with E-state index in [2.05, 4.69) is 15.7 Å². The second kappa shape index (κ2) is 6.26. The Hall–Kier alpha value is -1.88. The number of amides is 1. The van der Waals surface area contributed by atoms with Gasteiger partial charge < -0.3 is 10.2 Å². The quantitative estimate of drug-likeness (QED) is 0.944. The highest BCUT2D eigenvalue weighted by molar-refractivity contribution is 7.07. The van der Waals surface area contributed by atoms with Crippen molar-refractivity contribution < 1.29 is 4.79 Å². The summed E-state index contributed by atoms with van der Waals surface area (Å²) in [5.74, 6) is 1.07. The molecule has 0 bridgehead atoms. The minimum absolute atomic E-state index is 0.186. The van der Waals surface area contributed by atoms with Crippen molar-refractivity contribution in [2.24, 2.45) is 0 Å². The number of hydrogen-bond acceptors (Lipinski definition) is 4. The van der Waals surface area contributed by atoms with Crippen LogP contribution in [0.25, 0.3) is 0 Å². The van der Waals surface area contributed by atoms with Crippen LogP contribution in [0.15, 0.2) is 35.2 Å². The van der Waals surface area contributed by atoms with Crippen LogP contribution in [-0.2, 0) is 11.2 Å². The highest BCUT2D eigenvalue weighted by Crippen LogP contribution is 2.33. The third kappa shape index (κ3) is 3.08. The maximum atomic E-state index is 12.6. The van der Waals surface area contributed by atoms with Crippen LogP contribution in [-0.4, -0.2) is 29.4 Å². The molecule has 0 saturated carbocycles. The second-order valence-corrected chi connectivity index (χ2v) is 6.06. The smallest absolute Gasteiger partial charge is 0.227 e. The summed E-state index contributed by atoms with van der Waals surface area (Å²) in [5.41, 5.74) is 2.28. The molecule has 3 heterocycles. The fraction of sp³-hybridized carbons (Fsp3) is 0.375. The van der Waals surface area contributed by atoms with Crippen molar-refractivity contribution in [2.45, 2.75) is 25.3 Å². The van der Waals surface area contributed by atoms with E-state index in [1.165, 1.54) is 5.56 Å². The first-order chi connectivity index (χ1) is 10.3. The SMILES string of the molecule is CNc1cc([C@H]2CCCN2C(=O)Cc2ccsc2)ccn1. The van der Waals surface area contributed by atoms with Gasteiger partial charge in [-0.25, -0.2) is 4.98 Å². The van der Waals surface area contributed by atoms with Crippen LogP contribution in [0.4, 0.5) is 5.82 Å². The van der Waals surface area contributed by atoms with Crippen LogP contribution in [0.2, 0.25) is 0 Å². The Morgan fingerprint density at radius 1 is 1.52 bits per heavy atom. The predicted molar refractivity (Wildman–Crippen MR) is 85.5 cm³/mol. The third-order valence-corrected chi connectivity index (χ3v) is 4.67. The van der Waals surface area contributed by atoms with E-state index < -0.39 is 0 Å². The van der Waals surface area contributed by atoms with Gasteiger partial charge in [0.2, 0.25) is 5.91 Å². The average Bonchev–Trinajstić information content (AvgIpc) is 3.18. The lowest BCUT2D eigenvalue weighted by Gasteiger charge is -2.25. The molecule has 0 aliphatic carbocycles. The normalized spacial score (nSPS) is 18.0. The summed E-state index contributed by atoms with van der Waals surface area (Å²) in [6.45, 7) is 0.852. The number of carbonyl (C=O) groups is 1. The molecular weight excluding hydrogens is 282 g/mol. The van der Waals surface area contributed by atoms with Crippen LogP contribution in [0.1, 0.15) is 30.0 Å². The van der Waals surface area contributed by atoms with Crippen molar-refractivity contribution in [1.82, 2.24) is 9.88 Å². The third-order valence-electron chi connectivity index (χ3n) is 3.93. The fourth-order valence-corrected chi connectivity index (χ4v) is 3.54. The Balaban J connectivity index is 1.76. The zero-order chi connectivity index (χ0) is 14.7. The number of thiophene rings is 1. The van der Waals surface area contributed by atoms with Gasteiger partial charge in [0.05, 0.1) is 12.5 Å². The molecule has 1 fully saturated rings. The maximum absolute atomic E-state index is 12.6. The van der Waals surface area contributed by atoms with E-state index in [0.29, 0.717) is 6.42 Å². The maximum Gasteiger partial charge on any atom is 0.227 e. The Labute approximate surface area is 128 Å². The number of nitrogens with zero attached hydrogens (tertiary/aromatic N) is 2. The lowest BCUT2D eigenvalue weighted by molar-refractivity contribution is -0.131. The van der Waals surface area contributed by atoms with E-state index in [0.717, 1.165) is 30.8 Å². The molecule has 0 radical (unpaired) electrons. The average molecular weight is 301 g/mol. The van der Waals surface area contributed by atoms with Gasteiger partial charge in [-0.2, -0.15) is 11.3 Å². The van der Waals surface area contributed by atoms with Gasteiger partial charge >= 0.3 is 0 Å². The summed E-state index contributed by atoms with van der Waals surface area (Å²) < 4.78 is 0. The van der Waals surface area contributed by atoms with E-state index >= 15 is 0 Å². The summed E-state index contributed by atoms with van der Waals surface area (Å²) in [5, 5.41) is 7.13. The number of rotatable bonds is 4. The Bertz CT molecular complexity index is 612. The number of hydrogen-bond donors (Lipinski definition) is 1. The molecule has 1 N–H and O–H groups in total. The second-order valence-electron chi connectivity index (χ2n) is 5.28. The lowest BCUT2D eigenvalue weighted by atomic mass is 10.1. The highest BCUT2D eigenvalue weighted by atomic mass is 32.1. The van der Waals surface area contributed by atoms with Gasteiger partial charge in [-0.3, -0.25) is 4.79 Å². The van der Waals surface area contributed by atoms with Gasteiger partial charge in [0.25, 0.3) is 0 Å². The van der Waals surface area contributed by atoms with E-state index in [4.69, 9.17) is 0 Å². The van der Waals surface area contributed by atoms with Crippen LogP contribution in [0.3, 0.4) is 0 Å². The van der Waals surface area contributed by atoms with Crippen LogP contribution in [0, 0.1) is 0 Å². The molecule has 0 unspecified atom stereocenters. The van der Waals surface area contributed by atoms with E-state index in [-0.39, 0.29) is 11.9 Å². The summed E-state index contributed by atoms with van der Waals surface area (Å²) in [4.78, 5) is 18.8. The summed E-state index contributed by atoms with van der Waals surface area (Å²) >= 11 is 1.64. The first-order valence-electron chi connectivity index (χ1n) is 7.22. The van der Waals surface area contributed by atoms with Crippen LogP contribution in [0.5, 0.6) is 0 Å². The van der Waals surface area contributed by atoms with Crippen molar-refractivity contribution in [3.8, 4) is 0 Å². The zero-order valence-electron chi connectivity index (χ0n) is 12.1. The molecule has 1 aliphatic heterocycles. The Morgan fingerprint density at radius 3 is 3.19 bits per heavy atom. The fourth-order valence-electron chi connectivity index (χ4n) is 2.87. The first-order valence-corrected chi connectivity index (χ1v) is 8.16. The van der Waals surface area contributed by atoms with E-state index in [1.54, 1.807) is 17.5 Å². The van der Waals surface area contributed by atoms with E-state index in [9.17, 15) is 4.79 Å². The number of pyridine rings is 1. The molecule has 3 rings (SSSR count). The molecule has 5 heteroatoms. The molecule has 21 heavy (non-hydrogen) atoms. The number of anilines is 1. The molecular formula is C16H19N3OS. The molecule has 1 atom stereocenters. The summed E-state index contributed by atoms with van der Waals surface area (Å²) in [6, 6.07) is 6.27. The van der Waals surface area contributed by atoms with Crippen molar-refractivity contribution in [2.75, 3.05) is 18.9 Å². The molecule has 2 aromatic heterocycles. The van der Waals surface area contributed by atoms with Crippen molar-refractivity contribution in [1.29, 1.82) is 0 Å². The van der Waals surface area contributed by atoms with Gasteiger partial charge in [-0.1, -0.05) is 0 Å². The molecule has 0 aromatic carbocycles. The zero-order valence-corrected chi connectivity index (χ0v) is 12.9. The molecule has 1 aliphatic rings. The number of aromatic nitrogens is 1. The topological polar surface area (TPSA) is 45.2 Å². The molecule has 1 saturated heterocycles. The van der Waals surface area contributed by atoms with Gasteiger partial charge in [0, 0.05) is 19.8 Å². The van der Waals surface area contributed by atoms with Crippen molar-refractivity contribution in [3.63, 3.8) is 0 Å². The highest BCUT2D eigenvalue weighted by Gasteiger charge is 2.30. The molecule has 1 amide bonds. The monoisotopic (exact) mass is 301 g/mol. The van der Waals surface area contributed by atoms with Gasteiger partial charge in [0.1, 0.15) is 5.82 Å². The van der Waals surface area contributed by atoms with Gasteiger partial charge in [0.15, 0.2) is 0 Å². The number of carbonyl (C=O) groups excluding carboxylic acids is 1. The Kier molecular flexibility index (Phi) is 4.20. The molecule has 0 spiro atoms. The standard InChI is InChI=1S/C16H19N3OS/c1-17-15-10-13(4-6-18-15)14-3-2-7-19(14)16(20)9-12-5-8-21-11-12/h4-6,8,10-11,14H,2-3,7,9H2,1H3,(H,17,18)/t14-/m1/s1. The number of nitrogens with one attached hydrogen (secondary N) is 1. The van der Waals surface area contributed by atoms with Gasteiger partial charge in [-0.15, -0.1) is 0 Å². The summed E-state index contributed by atoms with van der Waals surface area (Å²) in [7, 11) is 1.86. The minimum Gasteiger partial charge on any atom is -0.373 e. The lowest BCUT2D eigenvalue weighted by Crippen LogP contribution is -2.31. The van der Waals surface area contributed by atoms with Crippen molar-refractivity contribution in [3.05, 3.63) is 46.3 Å².